The highest BCUT2D eigenvalue weighted by atomic mass is 79.9. The van der Waals surface area contributed by atoms with E-state index in [1.54, 1.807) is 25.3 Å². The molecule has 0 spiro atoms. The van der Waals surface area contributed by atoms with E-state index < -0.39 is 23.6 Å². The summed E-state index contributed by atoms with van der Waals surface area (Å²) in [6.45, 7) is 2.47. The van der Waals surface area contributed by atoms with Gasteiger partial charge >= 0.3 is 0 Å². The van der Waals surface area contributed by atoms with Gasteiger partial charge in [0.1, 0.15) is 5.75 Å². The van der Waals surface area contributed by atoms with Gasteiger partial charge in [0.15, 0.2) is 11.8 Å². The lowest BCUT2D eigenvalue weighted by molar-refractivity contribution is -0.139. The summed E-state index contributed by atoms with van der Waals surface area (Å²) < 4.78 is 5.85. The van der Waals surface area contributed by atoms with Crippen LogP contribution in [0.15, 0.2) is 27.8 Å². The van der Waals surface area contributed by atoms with Gasteiger partial charge in [0, 0.05) is 6.92 Å². The second-order valence-electron chi connectivity index (χ2n) is 4.97. The van der Waals surface area contributed by atoms with Gasteiger partial charge in [0.2, 0.25) is 11.0 Å². The van der Waals surface area contributed by atoms with E-state index in [9.17, 15) is 14.4 Å². The highest BCUT2D eigenvalue weighted by Crippen LogP contribution is 2.25. The van der Waals surface area contributed by atoms with E-state index in [0.29, 0.717) is 11.3 Å². The van der Waals surface area contributed by atoms with Crippen LogP contribution < -0.4 is 4.74 Å². The van der Waals surface area contributed by atoms with Crippen LogP contribution in [0.5, 0.6) is 5.75 Å². The van der Waals surface area contributed by atoms with Crippen LogP contribution >= 0.6 is 28.1 Å². The maximum Gasteiger partial charge on any atom is 0.280 e. The molecule has 0 aliphatic carbocycles. The first-order valence-electron chi connectivity index (χ1n) is 6.83. The first-order valence-corrected chi connectivity index (χ1v) is 8.03. The Balaban J connectivity index is 2.30. The predicted molar refractivity (Wildman–Crippen MR) is 94.7 cm³/mol. The minimum Gasteiger partial charge on any atom is -0.496 e. The highest BCUT2D eigenvalue weighted by Gasteiger charge is 2.47. The fourth-order valence-corrected chi connectivity index (χ4v) is 3.13. The monoisotopic (exact) mass is 411 g/mol. The topological polar surface area (TPSA) is 79.3 Å². The summed E-state index contributed by atoms with van der Waals surface area (Å²) in [6, 6.07) is 3.96. The molecule has 1 aromatic rings. The lowest BCUT2D eigenvalue weighted by Gasteiger charge is -2.16. The smallest absolute Gasteiger partial charge is 0.280 e. The average molecular weight is 412 g/mol. The van der Waals surface area contributed by atoms with Gasteiger partial charge in [-0.25, -0.2) is 0 Å². The molecule has 1 fully saturated rings. The van der Waals surface area contributed by atoms with E-state index in [4.69, 9.17) is 17.0 Å². The van der Waals surface area contributed by atoms with Crippen molar-refractivity contribution >= 4 is 57.1 Å². The quantitative estimate of drug-likeness (QED) is 0.428. The number of rotatable bonds is 4. The number of amides is 2. The third kappa shape index (κ3) is 3.36. The summed E-state index contributed by atoms with van der Waals surface area (Å²) in [6.07, 6.45) is 1.41. The lowest BCUT2D eigenvalue weighted by Crippen LogP contribution is -2.42. The van der Waals surface area contributed by atoms with Gasteiger partial charge in [-0.2, -0.15) is 10.1 Å². The Morgan fingerprint density at radius 1 is 1.38 bits per heavy atom. The number of hydrogen-bond donors (Lipinski definition) is 0. The second kappa shape index (κ2) is 7.18. The SMILES string of the molecule is COc1ccc(/C=N/N2C(=O)C(C(C)=O)N(C(C)=O)C2=S)cc1Br. The van der Waals surface area contributed by atoms with Crippen molar-refractivity contribution in [2.45, 2.75) is 19.9 Å². The van der Waals surface area contributed by atoms with Crippen molar-refractivity contribution < 1.29 is 19.1 Å². The van der Waals surface area contributed by atoms with Crippen molar-refractivity contribution in [2.24, 2.45) is 5.10 Å². The van der Waals surface area contributed by atoms with Gasteiger partial charge < -0.3 is 4.74 Å². The molecular weight excluding hydrogens is 398 g/mol. The molecule has 9 heteroatoms. The van der Waals surface area contributed by atoms with Gasteiger partial charge in [0.25, 0.3) is 5.91 Å². The van der Waals surface area contributed by atoms with Gasteiger partial charge in [-0.3, -0.25) is 19.3 Å². The third-order valence-corrected chi connectivity index (χ3v) is 4.30. The van der Waals surface area contributed by atoms with Gasteiger partial charge in [-0.05, 0) is 58.8 Å². The lowest BCUT2D eigenvalue weighted by atomic mass is 10.2. The molecule has 0 bridgehead atoms. The van der Waals surface area contributed by atoms with Crippen molar-refractivity contribution in [3.8, 4) is 5.75 Å². The van der Waals surface area contributed by atoms with E-state index in [0.717, 1.165) is 14.4 Å². The minimum absolute atomic E-state index is 0.114. The summed E-state index contributed by atoms with van der Waals surface area (Å²) in [5.41, 5.74) is 0.680. The Morgan fingerprint density at radius 2 is 2.04 bits per heavy atom. The number of methoxy groups -OCH3 is 1. The van der Waals surface area contributed by atoms with Crippen molar-refractivity contribution in [1.29, 1.82) is 0 Å². The molecule has 1 atom stereocenters. The predicted octanol–water partition coefficient (Wildman–Crippen LogP) is 1.72. The fraction of sp³-hybridized carbons (Fsp3) is 0.267. The number of halogens is 1. The number of hydrogen-bond acceptors (Lipinski definition) is 6. The Hall–Kier alpha value is -2.13. The maximum absolute atomic E-state index is 12.3. The molecule has 1 unspecified atom stereocenters. The van der Waals surface area contributed by atoms with Gasteiger partial charge in [-0.15, -0.1) is 0 Å². The minimum atomic E-state index is -1.25. The van der Waals surface area contributed by atoms with Crippen LogP contribution in [-0.4, -0.2) is 52.0 Å². The molecule has 2 rings (SSSR count). The van der Waals surface area contributed by atoms with Crippen LogP contribution in [0.4, 0.5) is 0 Å². The molecule has 1 aliphatic heterocycles. The number of benzene rings is 1. The third-order valence-electron chi connectivity index (χ3n) is 3.31. The molecule has 0 radical (unpaired) electrons. The first kappa shape index (κ1) is 18.2. The molecule has 0 aromatic heterocycles. The largest absolute Gasteiger partial charge is 0.496 e. The number of ether oxygens (including phenoxy) is 1. The number of carbonyl (C=O) groups is 3. The zero-order valence-electron chi connectivity index (χ0n) is 13.1. The molecule has 7 nitrogen and oxygen atoms in total. The van der Waals surface area contributed by atoms with Gasteiger partial charge in [0.05, 0.1) is 17.8 Å². The highest BCUT2D eigenvalue weighted by molar-refractivity contribution is 9.10. The summed E-state index contributed by atoms with van der Waals surface area (Å²) in [5, 5.41) is 4.80. The zero-order chi connectivity index (χ0) is 18.0. The van der Waals surface area contributed by atoms with Crippen LogP contribution in [0, 0.1) is 0 Å². The van der Waals surface area contributed by atoms with Crippen LogP contribution in [0.25, 0.3) is 0 Å². The number of carbonyl (C=O) groups excluding carboxylic acids is 3. The Kier molecular flexibility index (Phi) is 5.45. The molecule has 0 saturated carbocycles. The Bertz CT molecular complexity index is 733. The van der Waals surface area contributed by atoms with Crippen molar-refractivity contribution in [2.75, 3.05) is 7.11 Å². The number of hydrazone groups is 1. The number of nitrogens with zero attached hydrogens (tertiary/aromatic N) is 3. The van der Waals surface area contributed by atoms with Crippen molar-refractivity contribution in [3.63, 3.8) is 0 Å². The summed E-state index contributed by atoms with van der Waals surface area (Å²) >= 11 is 8.46. The first-order chi connectivity index (χ1) is 11.3. The number of thiocarbonyl (C=S) groups is 1. The molecule has 126 valence electrons. The van der Waals surface area contributed by atoms with Crippen molar-refractivity contribution in [3.05, 3.63) is 28.2 Å². The van der Waals surface area contributed by atoms with Crippen molar-refractivity contribution in [1.82, 2.24) is 9.91 Å². The van der Waals surface area contributed by atoms with E-state index in [1.807, 2.05) is 0 Å². The fourth-order valence-electron chi connectivity index (χ4n) is 2.20. The molecule has 1 aromatic carbocycles. The second-order valence-corrected chi connectivity index (χ2v) is 6.19. The van der Waals surface area contributed by atoms with E-state index in [-0.39, 0.29) is 5.11 Å². The maximum atomic E-state index is 12.3. The van der Waals surface area contributed by atoms with Crippen LogP contribution in [0.2, 0.25) is 0 Å². The Morgan fingerprint density at radius 3 is 2.50 bits per heavy atom. The standard InChI is InChI=1S/C15H14BrN3O4S/c1-8(20)13-14(22)19(15(24)18(13)9(2)21)17-7-10-4-5-12(23-3)11(16)6-10/h4-7,13H,1-3H3/b17-7+. The van der Waals surface area contributed by atoms with Crippen LogP contribution in [0.3, 0.4) is 0 Å². The summed E-state index contributed by atoms with van der Waals surface area (Å²) in [5.74, 6) is -0.952. The zero-order valence-corrected chi connectivity index (χ0v) is 15.6. The summed E-state index contributed by atoms with van der Waals surface area (Å²) in [4.78, 5) is 36.7. The molecule has 1 heterocycles. The van der Waals surface area contributed by atoms with E-state index >= 15 is 0 Å². The molecular formula is C15H14BrN3O4S. The van der Waals surface area contributed by atoms with E-state index in [2.05, 4.69) is 21.0 Å². The molecule has 1 aliphatic rings. The van der Waals surface area contributed by atoms with Gasteiger partial charge in [-0.1, -0.05) is 0 Å². The normalized spacial score (nSPS) is 17.8. The molecule has 1 saturated heterocycles. The molecule has 0 N–H and O–H groups in total. The number of Topliss-reactive ketones (excluding diaryl/α,β-unsaturated/α-hetero) is 1. The number of ketones is 1. The van der Waals surface area contributed by atoms with Crippen LogP contribution in [-0.2, 0) is 14.4 Å². The molecule has 24 heavy (non-hydrogen) atoms. The van der Waals surface area contributed by atoms with E-state index in [1.165, 1.54) is 20.1 Å². The average Bonchev–Trinajstić information content (AvgIpc) is 2.76. The van der Waals surface area contributed by atoms with Crippen LogP contribution in [0.1, 0.15) is 19.4 Å². The Labute approximate surface area is 152 Å². The molecule has 2 amide bonds. The summed E-state index contributed by atoms with van der Waals surface area (Å²) in [7, 11) is 1.55.